The standard InChI is InChI=1S/C21H28ClNO/c1-3-14(2)17-6-4-5-7-18(17)23-19(24)20-9-15-8-16(10-20)12-21(22,11-15)13-20/h4-7,14-16H,3,8-13H2,1-2H3,(H,23,24)/t14-,15-,16+,20?,21?/m1/s1. The molecule has 0 heterocycles. The van der Waals surface area contributed by atoms with E-state index in [1.54, 1.807) is 0 Å². The van der Waals surface area contributed by atoms with Crippen molar-refractivity contribution in [2.24, 2.45) is 17.3 Å². The van der Waals surface area contributed by atoms with Crippen LogP contribution in [0.15, 0.2) is 24.3 Å². The minimum atomic E-state index is -0.228. The third-order valence-electron chi connectivity index (χ3n) is 6.82. The zero-order valence-electron chi connectivity index (χ0n) is 14.8. The molecule has 4 fully saturated rings. The van der Waals surface area contributed by atoms with E-state index in [0.29, 0.717) is 17.8 Å². The summed E-state index contributed by atoms with van der Waals surface area (Å²) in [6.45, 7) is 4.42. The summed E-state index contributed by atoms with van der Waals surface area (Å²) in [4.78, 5) is 13.2. The zero-order valence-corrected chi connectivity index (χ0v) is 15.5. The number of anilines is 1. The fourth-order valence-electron chi connectivity index (χ4n) is 5.93. The van der Waals surface area contributed by atoms with Crippen molar-refractivity contribution >= 4 is 23.2 Å². The lowest BCUT2D eigenvalue weighted by molar-refractivity contribution is -0.138. The van der Waals surface area contributed by atoms with E-state index in [4.69, 9.17) is 11.6 Å². The van der Waals surface area contributed by atoms with Crippen molar-refractivity contribution in [1.82, 2.24) is 0 Å². The van der Waals surface area contributed by atoms with Crippen LogP contribution in [0.4, 0.5) is 5.69 Å². The summed E-state index contributed by atoms with van der Waals surface area (Å²) in [6, 6.07) is 8.28. The van der Waals surface area contributed by atoms with Crippen LogP contribution in [0.5, 0.6) is 0 Å². The van der Waals surface area contributed by atoms with Gasteiger partial charge in [-0.25, -0.2) is 0 Å². The maximum Gasteiger partial charge on any atom is 0.230 e. The first-order valence-corrected chi connectivity index (χ1v) is 9.90. The van der Waals surface area contributed by atoms with E-state index in [2.05, 4.69) is 37.4 Å². The summed E-state index contributed by atoms with van der Waals surface area (Å²) in [5.41, 5.74) is 2.02. The van der Waals surface area contributed by atoms with Crippen LogP contribution in [-0.4, -0.2) is 10.8 Å². The van der Waals surface area contributed by atoms with Gasteiger partial charge in [-0.15, -0.1) is 11.6 Å². The topological polar surface area (TPSA) is 29.1 Å². The number of hydrogen-bond acceptors (Lipinski definition) is 1. The zero-order chi connectivity index (χ0) is 16.9. The molecule has 1 amide bonds. The van der Waals surface area contributed by atoms with Crippen molar-refractivity contribution in [2.75, 3.05) is 5.32 Å². The highest BCUT2D eigenvalue weighted by molar-refractivity contribution is 6.24. The van der Waals surface area contributed by atoms with Crippen molar-refractivity contribution in [3.63, 3.8) is 0 Å². The van der Waals surface area contributed by atoms with Gasteiger partial charge in [0.25, 0.3) is 0 Å². The number of amides is 1. The van der Waals surface area contributed by atoms with E-state index in [1.807, 2.05) is 6.07 Å². The van der Waals surface area contributed by atoms with Gasteiger partial charge in [-0.05, 0) is 74.3 Å². The Morgan fingerprint density at radius 3 is 2.54 bits per heavy atom. The Morgan fingerprint density at radius 1 is 1.25 bits per heavy atom. The van der Waals surface area contributed by atoms with Crippen molar-refractivity contribution in [1.29, 1.82) is 0 Å². The van der Waals surface area contributed by atoms with Gasteiger partial charge in [0.2, 0.25) is 5.91 Å². The number of nitrogens with one attached hydrogen (secondary N) is 1. The SMILES string of the molecule is CC[C@@H](C)c1ccccc1NC(=O)C12C[C@@H]3C[C@@H](CC(Cl)(C3)C1)C2. The number of hydrogen-bond donors (Lipinski definition) is 1. The molecule has 0 saturated heterocycles. The van der Waals surface area contributed by atoms with Gasteiger partial charge < -0.3 is 5.32 Å². The Bertz CT molecular complexity index is 641. The lowest BCUT2D eigenvalue weighted by Gasteiger charge is -2.59. The average molecular weight is 346 g/mol. The molecule has 0 aliphatic heterocycles. The van der Waals surface area contributed by atoms with Crippen LogP contribution < -0.4 is 5.32 Å². The molecule has 2 unspecified atom stereocenters. The molecule has 1 aromatic rings. The van der Waals surface area contributed by atoms with Crippen LogP contribution >= 0.6 is 11.6 Å². The molecule has 2 nitrogen and oxygen atoms in total. The van der Waals surface area contributed by atoms with Gasteiger partial charge in [0.15, 0.2) is 0 Å². The van der Waals surface area contributed by atoms with Gasteiger partial charge in [-0.1, -0.05) is 32.0 Å². The first-order valence-electron chi connectivity index (χ1n) is 9.52. The molecule has 5 atom stereocenters. The van der Waals surface area contributed by atoms with Gasteiger partial charge >= 0.3 is 0 Å². The maximum atomic E-state index is 13.3. The number of carbonyl (C=O) groups excluding carboxylic acids is 1. The van der Waals surface area contributed by atoms with Crippen molar-refractivity contribution in [3.8, 4) is 0 Å². The summed E-state index contributed by atoms with van der Waals surface area (Å²) in [6.07, 6.45) is 7.53. The van der Waals surface area contributed by atoms with Crippen LogP contribution in [0.2, 0.25) is 0 Å². The third-order valence-corrected chi connectivity index (χ3v) is 7.27. The number of alkyl halides is 1. The quantitative estimate of drug-likeness (QED) is 0.695. The van der Waals surface area contributed by atoms with E-state index in [9.17, 15) is 4.79 Å². The van der Waals surface area contributed by atoms with Gasteiger partial charge in [0.05, 0.1) is 5.41 Å². The second-order valence-electron chi connectivity index (χ2n) is 8.74. The van der Waals surface area contributed by atoms with Gasteiger partial charge in [-0.3, -0.25) is 4.79 Å². The Kier molecular flexibility index (Phi) is 3.95. The molecule has 1 aromatic carbocycles. The van der Waals surface area contributed by atoms with Crippen molar-refractivity contribution in [2.45, 2.75) is 69.6 Å². The molecule has 5 rings (SSSR count). The Labute approximate surface area is 150 Å². The van der Waals surface area contributed by atoms with Crippen LogP contribution in [0.25, 0.3) is 0 Å². The average Bonchev–Trinajstić information content (AvgIpc) is 2.52. The number of carbonyl (C=O) groups is 1. The molecule has 4 aliphatic rings. The van der Waals surface area contributed by atoms with E-state index in [1.165, 1.54) is 12.0 Å². The largest absolute Gasteiger partial charge is 0.325 e. The molecule has 0 radical (unpaired) electrons. The summed E-state index contributed by atoms with van der Waals surface area (Å²) in [5.74, 6) is 1.98. The van der Waals surface area contributed by atoms with E-state index in [0.717, 1.165) is 44.2 Å². The van der Waals surface area contributed by atoms with E-state index >= 15 is 0 Å². The number of benzene rings is 1. The minimum Gasteiger partial charge on any atom is -0.325 e. The molecule has 4 saturated carbocycles. The fourth-order valence-corrected chi connectivity index (χ4v) is 6.62. The smallest absolute Gasteiger partial charge is 0.230 e. The number of halogens is 1. The number of rotatable bonds is 4. The predicted octanol–water partition coefficient (Wildman–Crippen LogP) is 5.72. The Balaban J connectivity index is 1.59. The monoisotopic (exact) mass is 345 g/mol. The molecular formula is C21H28ClNO. The fraction of sp³-hybridized carbons (Fsp3) is 0.667. The van der Waals surface area contributed by atoms with Crippen LogP contribution in [-0.2, 0) is 4.79 Å². The molecule has 4 aliphatic carbocycles. The Hall–Kier alpha value is -1.02. The molecule has 24 heavy (non-hydrogen) atoms. The number of para-hydroxylation sites is 1. The van der Waals surface area contributed by atoms with Gasteiger partial charge in [-0.2, -0.15) is 0 Å². The maximum absolute atomic E-state index is 13.3. The normalized spacial score (nSPS) is 38.1. The van der Waals surface area contributed by atoms with E-state index in [-0.39, 0.29) is 16.2 Å². The first-order chi connectivity index (χ1) is 11.4. The third kappa shape index (κ3) is 2.67. The summed E-state index contributed by atoms with van der Waals surface area (Å²) >= 11 is 6.89. The molecular weight excluding hydrogens is 318 g/mol. The highest BCUT2D eigenvalue weighted by Crippen LogP contribution is 2.64. The molecule has 0 aromatic heterocycles. The molecule has 130 valence electrons. The molecule has 4 bridgehead atoms. The summed E-state index contributed by atoms with van der Waals surface area (Å²) in [5, 5.41) is 3.30. The Morgan fingerprint density at radius 2 is 1.92 bits per heavy atom. The van der Waals surface area contributed by atoms with Crippen molar-refractivity contribution in [3.05, 3.63) is 29.8 Å². The van der Waals surface area contributed by atoms with E-state index < -0.39 is 0 Å². The highest BCUT2D eigenvalue weighted by atomic mass is 35.5. The lowest BCUT2D eigenvalue weighted by atomic mass is 9.49. The highest BCUT2D eigenvalue weighted by Gasteiger charge is 2.60. The van der Waals surface area contributed by atoms with Crippen LogP contribution in [0.1, 0.15) is 70.3 Å². The van der Waals surface area contributed by atoms with Crippen molar-refractivity contribution < 1.29 is 4.79 Å². The second kappa shape index (κ2) is 5.76. The molecule has 3 heteroatoms. The van der Waals surface area contributed by atoms with Crippen LogP contribution in [0, 0.1) is 17.3 Å². The van der Waals surface area contributed by atoms with Gasteiger partial charge in [0, 0.05) is 10.6 Å². The summed E-state index contributed by atoms with van der Waals surface area (Å²) in [7, 11) is 0. The van der Waals surface area contributed by atoms with Crippen LogP contribution in [0.3, 0.4) is 0 Å². The molecule has 0 spiro atoms. The second-order valence-corrected chi connectivity index (χ2v) is 9.54. The first kappa shape index (κ1) is 16.4. The lowest BCUT2D eigenvalue weighted by Crippen LogP contribution is -2.57. The minimum absolute atomic E-state index is 0.113. The summed E-state index contributed by atoms with van der Waals surface area (Å²) < 4.78 is 0. The molecule has 1 N–H and O–H groups in total. The van der Waals surface area contributed by atoms with Gasteiger partial charge in [0.1, 0.15) is 0 Å². The predicted molar refractivity (Wildman–Crippen MR) is 99.5 cm³/mol.